The van der Waals surface area contributed by atoms with Gasteiger partial charge in [-0.15, -0.1) is 0 Å². The second kappa shape index (κ2) is 4.22. The van der Waals surface area contributed by atoms with Gasteiger partial charge in [0, 0.05) is 0 Å². The summed E-state index contributed by atoms with van der Waals surface area (Å²) in [4.78, 5) is 0. The third kappa shape index (κ3) is 4.48. The van der Waals surface area contributed by atoms with Gasteiger partial charge in [-0.3, -0.25) is 0 Å². The quantitative estimate of drug-likeness (QED) is 0.570. The van der Waals surface area contributed by atoms with E-state index in [1.807, 2.05) is 6.08 Å². The van der Waals surface area contributed by atoms with Crippen LogP contribution in [-0.2, 0) is 0 Å². The van der Waals surface area contributed by atoms with Crippen molar-refractivity contribution in [3.63, 3.8) is 0 Å². The van der Waals surface area contributed by atoms with Crippen LogP contribution >= 0.6 is 23.2 Å². The van der Waals surface area contributed by atoms with Gasteiger partial charge in [0.2, 0.25) is 0 Å². The lowest BCUT2D eigenvalue weighted by molar-refractivity contribution is 0.698. The van der Waals surface area contributed by atoms with Crippen molar-refractivity contribution in [2.45, 2.75) is 20.3 Å². The van der Waals surface area contributed by atoms with Gasteiger partial charge in [0.15, 0.2) is 0 Å². The Morgan fingerprint density at radius 3 is 2.25 bits per heavy atom. The van der Waals surface area contributed by atoms with Crippen LogP contribution in [0.2, 0.25) is 0 Å². The first-order chi connectivity index (χ1) is 3.66. The molecule has 8 heavy (non-hydrogen) atoms. The first kappa shape index (κ1) is 8.32. The maximum Gasteiger partial charge on any atom is 0.103 e. The molecule has 0 saturated carbocycles. The molecule has 48 valence electrons. The van der Waals surface area contributed by atoms with Gasteiger partial charge in [0.05, 0.1) is 0 Å². The Hall–Kier alpha value is 0.320. The van der Waals surface area contributed by atoms with E-state index in [9.17, 15) is 0 Å². The predicted octanol–water partition coefficient (Wildman–Crippen LogP) is 3.35. The van der Waals surface area contributed by atoms with Crippen molar-refractivity contribution in [3.05, 3.63) is 10.6 Å². The molecule has 0 aromatic carbocycles. The molecule has 0 unspecified atom stereocenters. The van der Waals surface area contributed by atoms with Crippen molar-refractivity contribution in [1.29, 1.82) is 0 Å². The van der Waals surface area contributed by atoms with Crippen molar-refractivity contribution in [1.82, 2.24) is 0 Å². The number of hydrogen-bond donors (Lipinski definition) is 0. The lowest BCUT2D eigenvalue weighted by atomic mass is 10.1. The van der Waals surface area contributed by atoms with Crippen LogP contribution in [0.5, 0.6) is 0 Å². The molecule has 0 saturated heterocycles. The largest absolute Gasteiger partial charge is 0.103 e. The van der Waals surface area contributed by atoms with Gasteiger partial charge < -0.3 is 0 Å². The van der Waals surface area contributed by atoms with Gasteiger partial charge in [-0.2, -0.15) is 0 Å². The van der Waals surface area contributed by atoms with Gasteiger partial charge in [-0.05, 0) is 12.3 Å². The Labute approximate surface area is 60.5 Å². The van der Waals surface area contributed by atoms with Crippen molar-refractivity contribution >= 4 is 23.2 Å². The van der Waals surface area contributed by atoms with E-state index >= 15 is 0 Å². The first-order valence-electron chi connectivity index (χ1n) is 2.69. The Balaban J connectivity index is 3.51. The monoisotopic (exact) mass is 152 g/mol. The van der Waals surface area contributed by atoms with E-state index in [1.165, 1.54) is 0 Å². The van der Waals surface area contributed by atoms with E-state index in [0.717, 1.165) is 6.42 Å². The molecule has 0 aliphatic carbocycles. The van der Waals surface area contributed by atoms with Gasteiger partial charge in [0.25, 0.3) is 0 Å². The molecule has 0 nitrogen and oxygen atoms in total. The molecule has 0 amide bonds. The average molecular weight is 153 g/mol. The highest BCUT2D eigenvalue weighted by Crippen LogP contribution is 2.12. The molecule has 0 radical (unpaired) electrons. The summed E-state index contributed by atoms with van der Waals surface area (Å²) in [5, 5.41) is 0. The molecule has 2 heteroatoms. The maximum absolute atomic E-state index is 5.38. The van der Waals surface area contributed by atoms with Gasteiger partial charge in [0.1, 0.15) is 4.49 Å². The summed E-state index contributed by atoms with van der Waals surface area (Å²) in [5.74, 6) is 0.500. The number of allylic oxidation sites excluding steroid dienone is 1. The van der Waals surface area contributed by atoms with E-state index in [1.54, 1.807) is 0 Å². The molecule has 0 spiro atoms. The minimum absolute atomic E-state index is 0.374. The van der Waals surface area contributed by atoms with Crippen molar-refractivity contribution in [2.24, 2.45) is 5.92 Å². The van der Waals surface area contributed by atoms with Gasteiger partial charge in [-0.1, -0.05) is 43.1 Å². The third-order valence-corrected chi connectivity index (χ3v) is 1.31. The fraction of sp³-hybridized carbons (Fsp3) is 0.667. The van der Waals surface area contributed by atoms with Crippen LogP contribution in [0, 0.1) is 5.92 Å². The summed E-state index contributed by atoms with van der Waals surface area (Å²) in [7, 11) is 0. The minimum atomic E-state index is 0.374. The normalized spacial score (nSPS) is 13.0. The molecule has 0 aliphatic rings. The average Bonchev–Trinajstić information content (AvgIpc) is 1.65. The molecule has 1 atom stereocenters. The minimum Gasteiger partial charge on any atom is -0.0712 e. The number of hydrogen-bond acceptors (Lipinski definition) is 0. The van der Waals surface area contributed by atoms with Gasteiger partial charge >= 0.3 is 0 Å². The molecule has 0 fully saturated rings. The molecule has 0 rings (SSSR count). The Morgan fingerprint density at radius 2 is 2.12 bits per heavy atom. The Kier molecular flexibility index (Phi) is 4.39. The summed E-state index contributed by atoms with van der Waals surface area (Å²) in [6.07, 6.45) is 2.92. The molecule has 0 N–H and O–H groups in total. The Bertz CT molecular complexity index is 82.5. The summed E-state index contributed by atoms with van der Waals surface area (Å²) in [5.41, 5.74) is 0. The summed E-state index contributed by atoms with van der Waals surface area (Å²) in [6, 6.07) is 0. The van der Waals surface area contributed by atoms with Crippen molar-refractivity contribution < 1.29 is 0 Å². The lowest BCUT2D eigenvalue weighted by Crippen LogP contribution is -1.83. The summed E-state index contributed by atoms with van der Waals surface area (Å²) in [6.45, 7) is 4.17. The fourth-order valence-electron chi connectivity index (χ4n) is 0.333. The summed E-state index contributed by atoms with van der Waals surface area (Å²) < 4.78 is 0.374. The maximum atomic E-state index is 5.38. The van der Waals surface area contributed by atoms with Crippen LogP contribution < -0.4 is 0 Å². The van der Waals surface area contributed by atoms with E-state index in [4.69, 9.17) is 23.2 Å². The van der Waals surface area contributed by atoms with Crippen LogP contribution in [0.25, 0.3) is 0 Å². The van der Waals surface area contributed by atoms with Crippen LogP contribution in [-0.4, -0.2) is 0 Å². The highest BCUT2D eigenvalue weighted by Gasteiger charge is 1.92. The van der Waals surface area contributed by atoms with E-state index in [0.29, 0.717) is 10.4 Å². The highest BCUT2D eigenvalue weighted by molar-refractivity contribution is 6.55. The zero-order valence-corrected chi connectivity index (χ0v) is 6.63. The highest BCUT2D eigenvalue weighted by atomic mass is 35.5. The first-order valence-corrected chi connectivity index (χ1v) is 3.45. The van der Waals surface area contributed by atoms with E-state index in [-0.39, 0.29) is 0 Å². The zero-order chi connectivity index (χ0) is 6.57. The molecule has 0 aromatic rings. The lowest BCUT2D eigenvalue weighted by Gasteiger charge is -1.97. The predicted molar refractivity (Wildman–Crippen MR) is 39.2 cm³/mol. The van der Waals surface area contributed by atoms with E-state index < -0.39 is 0 Å². The second-order valence-electron chi connectivity index (χ2n) is 1.84. The third-order valence-electron chi connectivity index (χ3n) is 1.05. The molecular weight excluding hydrogens is 143 g/mol. The summed E-state index contributed by atoms with van der Waals surface area (Å²) >= 11 is 10.8. The smallest absolute Gasteiger partial charge is 0.0712 e. The topological polar surface area (TPSA) is 0 Å². The van der Waals surface area contributed by atoms with Crippen molar-refractivity contribution in [3.8, 4) is 0 Å². The molecule has 0 aliphatic heterocycles. The molecule has 0 aromatic heterocycles. The van der Waals surface area contributed by atoms with Crippen molar-refractivity contribution in [2.75, 3.05) is 0 Å². The molecule has 0 bridgehead atoms. The fourth-order valence-corrected chi connectivity index (χ4v) is 0.763. The number of halogens is 2. The standard InChI is InChI=1S/C6H10Cl2/c1-3-5(2)4-6(7)8/h4-5H,3H2,1-2H3/t5-/m1/s1. The van der Waals surface area contributed by atoms with Crippen LogP contribution in [0.15, 0.2) is 10.6 Å². The van der Waals surface area contributed by atoms with Crippen LogP contribution in [0.4, 0.5) is 0 Å². The van der Waals surface area contributed by atoms with E-state index in [2.05, 4.69) is 13.8 Å². The van der Waals surface area contributed by atoms with Crippen LogP contribution in [0.1, 0.15) is 20.3 Å². The number of rotatable bonds is 2. The van der Waals surface area contributed by atoms with Crippen LogP contribution in [0.3, 0.4) is 0 Å². The SMILES string of the molecule is CC[C@@H](C)C=C(Cl)Cl. The van der Waals surface area contributed by atoms with Gasteiger partial charge in [-0.25, -0.2) is 0 Å². The zero-order valence-electron chi connectivity index (χ0n) is 5.12. The molecular formula is C6H10Cl2. The second-order valence-corrected chi connectivity index (χ2v) is 2.85. The molecule has 0 heterocycles. The Morgan fingerprint density at radius 1 is 1.62 bits per heavy atom.